The van der Waals surface area contributed by atoms with Crippen molar-refractivity contribution in [2.24, 2.45) is 0 Å². The molecule has 0 saturated carbocycles. The number of aromatic nitrogens is 1. The Balaban J connectivity index is 0.969. The van der Waals surface area contributed by atoms with Crippen molar-refractivity contribution in [3.63, 3.8) is 0 Å². The fourth-order valence-electron chi connectivity index (χ4n) is 8.79. The topological polar surface area (TPSA) is 16.1 Å². The number of anilines is 3. The lowest BCUT2D eigenvalue weighted by Gasteiger charge is -2.42. The van der Waals surface area contributed by atoms with Crippen molar-refractivity contribution in [1.82, 2.24) is 4.98 Å². The van der Waals surface area contributed by atoms with Crippen molar-refractivity contribution in [3.8, 4) is 22.3 Å². The van der Waals surface area contributed by atoms with E-state index in [1.165, 1.54) is 86.6 Å². The molecule has 48 heavy (non-hydrogen) atoms. The SMILES string of the molecule is Cc1ccc2c(n1)C(C)(C)c1cc(/C=C/c3ccc(-c4ccc(N5c6ccccc6[Si]6(CCCC6)c6ccccc65)cc4)cc3)ccc1-2. The van der Waals surface area contributed by atoms with Gasteiger partial charge in [0.1, 0.15) is 8.07 Å². The quantitative estimate of drug-likeness (QED) is 0.141. The van der Waals surface area contributed by atoms with Crippen LogP contribution >= 0.6 is 0 Å². The maximum Gasteiger partial charge on any atom is 0.123 e. The minimum Gasteiger partial charge on any atom is -0.311 e. The Morgan fingerprint density at radius 2 is 1.19 bits per heavy atom. The molecule has 2 nitrogen and oxygen atoms in total. The molecule has 234 valence electrons. The number of nitrogens with zero attached hydrogens (tertiary/aromatic N) is 2. The largest absolute Gasteiger partial charge is 0.311 e. The van der Waals surface area contributed by atoms with E-state index in [1.54, 1.807) is 10.4 Å². The van der Waals surface area contributed by atoms with Crippen LogP contribution in [-0.2, 0) is 5.41 Å². The smallest absolute Gasteiger partial charge is 0.123 e. The number of rotatable bonds is 4. The zero-order chi connectivity index (χ0) is 32.5. The molecule has 5 aromatic carbocycles. The summed E-state index contributed by atoms with van der Waals surface area (Å²) in [7, 11) is -1.71. The molecule has 0 radical (unpaired) electrons. The zero-order valence-corrected chi connectivity index (χ0v) is 29.0. The molecule has 6 aromatic rings. The second kappa shape index (κ2) is 11.0. The molecule has 1 spiro atoms. The molecule has 1 fully saturated rings. The lowest BCUT2D eigenvalue weighted by Crippen LogP contribution is -2.60. The molecule has 3 aliphatic rings. The van der Waals surface area contributed by atoms with Crippen molar-refractivity contribution in [2.45, 2.75) is 51.1 Å². The molecule has 0 atom stereocenters. The fourth-order valence-corrected chi connectivity index (χ4v) is 14.3. The summed E-state index contributed by atoms with van der Waals surface area (Å²) < 4.78 is 0. The van der Waals surface area contributed by atoms with Gasteiger partial charge in [-0.1, -0.05) is 136 Å². The number of aryl methyl sites for hydroxylation is 1. The van der Waals surface area contributed by atoms with E-state index in [1.807, 2.05) is 0 Å². The van der Waals surface area contributed by atoms with Gasteiger partial charge in [-0.25, -0.2) is 0 Å². The summed E-state index contributed by atoms with van der Waals surface area (Å²) in [5, 5.41) is 3.24. The van der Waals surface area contributed by atoms with Crippen molar-refractivity contribution in [3.05, 3.63) is 155 Å². The van der Waals surface area contributed by atoms with Crippen molar-refractivity contribution >= 4 is 47.7 Å². The Hall–Kier alpha value is -4.99. The van der Waals surface area contributed by atoms with E-state index < -0.39 is 8.07 Å². The van der Waals surface area contributed by atoms with Crippen LogP contribution in [0.2, 0.25) is 12.1 Å². The van der Waals surface area contributed by atoms with Crippen molar-refractivity contribution in [2.75, 3.05) is 4.90 Å². The van der Waals surface area contributed by atoms with Gasteiger partial charge in [-0.05, 0) is 93.1 Å². The van der Waals surface area contributed by atoms with Crippen LogP contribution < -0.4 is 15.3 Å². The molecule has 0 amide bonds. The Kier molecular flexibility index (Phi) is 6.71. The van der Waals surface area contributed by atoms with E-state index in [2.05, 4.69) is 165 Å². The van der Waals surface area contributed by atoms with Crippen LogP contribution in [0.3, 0.4) is 0 Å². The van der Waals surface area contributed by atoms with Crippen molar-refractivity contribution in [1.29, 1.82) is 0 Å². The van der Waals surface area contributed by atoms with E-state index in [0.29, 0.717) is 0 Å². The summed E-state index contributed by atoms with van der Waals surface area (Å²) >= 11 is 0. The lowest BCUT2D eigenvalue weighted by molar-refractivity contribution is 0.634. The van der Waals surface area contributed by atoms with Crippen LogP contribution in [0.25, 0.3) is 34.4 Å². The second-order valence-corrected chi connectivity index (χ2v) is 18.7. The van der Waals surface area contributed by atoms with Crippen LogP contribution in [0.1, 0.15) is 54.8 Å². The summed E-state index contributed by atoms with van der Waals surface area (Å²) in [5.41, 5.74) is 15.0. The average Bonchev–Trinajstić information content (AvgIpc) is 3.69. The first kappa shape index (κ1) is 29.2. The predicted molar refractivity (Wildman–Crippen MR) is 206 cm³/mol. The van der Waals surface area contributed by atoms with Gasteiger partial charge >= 0.3 is 0 Å². The first-order chi connectivity index (χ1) is 23.4. The molecule has 0 bridgehead atoms. The first-order valence-electron chi connectivity index (χ1n) is 17.4. The van der Waals surface area contributed by atoms with Crippen LogP contribution in [0.15, 0.2) is 127 Å². The van der Waals surface area contributed by atoms with Crippen LogP contribution in [0.5, 0.6) is 0 Å². The molecular formula is C45H40N2Si. The minimum atomic E-state index is -1.71. The minimum absolute atomic E-state index is 0.0989. The third kappa shape index (κ3) is 4.48. The fraction of sp³-hybridized carbons (Fsp3) is 0.178. The van der Waals surface area contributed by atoms with Gasteiger partial charge in [0.05, 0.1) is 5.69 Å². The lowest BCUT2D eigenvalue weighted by atomic mass is 9.84. The highest BCUT2D eigenvalue weighted by atomic mass is 28.3. The predicted octanol–water partition coefficient (Wildman–Crippen LogP) is 10.7. The number of pyridine rings is 1. The molecule has 9 rings (SSSR count). The monoisotopic (exact) mass is 636 g/mol. The Morgan fingerprint density at radius 1 is 0.625 bits per heavy atom. The normalized spacial score (nSPS) is 16.5. The summed E-state index contributed by atoms with van der Waals surface area (Å²) in [6, 6.07) is 50.5. The van der Waals surface area contributed by atoms with E-state index >= 15 is 0 Å². The number of hydrogen-bond donors (Lipinski definition) is 0. The summed E-state index contributed by atoms with van der Waals surface area (Å²) in [6.45, 7) is 6.66. The molecule has 3 heterocycles. The van der Waals surface area contributed by atoms with E-state index in [0.717, 1.165) is 5.69 Å². The summed E-state index contributed by atoms with van der Waals surface area (Å²) in [5.74, 6) is 0. The molecule has 1 aromatic heterocycles. The molecule has 2 aliphatic heterocycles. The van der Waals surface area contributed by atoms with E-state index in [4.69, 9.17) is 4.98 Å². The molecule has 3 heteroatoms. The standard InChI is InChI=1S/C45H40N2Si/c1-31-14-26-38-37-27-19-33(30-39(37)45(2,3)44(38)46-31)16-15-32-17-20-34(21-18-32)35-22-24-36(25-23-35)47-40-10-4-6-12-42(40)48(28-8-9-29-48)43-13-7-5-11-41(43)47/h4-7,10-27,30H,8-9,28-29H2,1-3H3/b16-15+. The third-order valence-corrected chi connectivity index (χ3v) is 16.6. The highest BCUT2D eigenvalue weighted by molar-refractivity contribution is 7.05. The van der Waals surface area contributed by atoms with Crippen LogP contribution in [0.4, 0.5) is 17.1 Å². The number of hydrogen-bond acceptors (Lipinski definition) is 2. The van der Waals surface area contributed by atoms with Gasteiger partial charge in [-0.15, -0.1) is 0 Å². The van der Waals surface area contributed by atoms with Gasteiger partial charge in [0.2, 0.25) is 0 Å². The maximum atomic E-state index is 4.92. The zero-order valence-electron chi connectivity index (χ0n) is 28.0. The van der Waals surface area contributed by atoms with E-state index in [9.17, 15) is 0 Å². The number of benzene rings is 5. The van der Waals surface area contributed by atoms with Gasteiger partial charge < -0.3 is 4.90 Å². The average molecular weight is 637 g/mol. The van der Waals surface area contributed by atoms with E-state index in [-0.39, 0.29) is 5.41 Å². The van der Waals surface area contributed by atoms with Gasteiger partial charge in [-0.3, -0.25) is 4.98 Å². The van der Waals surface area contributed by atoms with Gasteiger partial charge in [-0.2, -0.15) is 0 Å². The molecule has 0 N–H and O–H groups in total. The second-order valence-electron chi connectivity index (χ2n) is 14.4. The highest BCUT2D eigenvalue weighted by Crippen LogP contribution is 2.48. The maximum absolute atomic E-state index is 4.92. The summed E-state index contributed by atoms with van der Waals surface area (Å²) in [4.78, 5) is 7.43. The Morgan fingerprint density at radius 3 is 1.85 bits per heavy atom. The summed E-state index contributed by atoms with van der Waals surface area (Å²) in [6.07, 6.45) is 7.17. The highest BCUT2D eigenvalue weighted by Gasteiger charge is 2.47. The molecule has 1 saturated heterocycles. The molecule has 1 aliphatic carbocycles. The molecule has 0 unspecified atom stereocenters. The Labute approximate surface area is 285 Å². The number of para-hydroxylation sites is 2. The Bertz CT molecular complexity index is 2170. The van der Waals surface area contributed by atoms with Crippen LogP contribution in [0, 0.1) is 6.92 Å². The molecular weight excluding hydrogens is 597 g/mol. The van der Waals surface area contributed by atoms with Gasteiger partial charge in [0.25, 0.3) is 0 Å². The van der Waals surface area contributed by atoms with Crippen LogP contribution in [-0.4, -0.2) is 13.1 Å². The van der Waals surface area contributed by atoms with Gasteiger partial charge in [0.15, 0.2) is 0 Å². The first-order valence-corrected chi connectivity index (χ1v) is 19.8. The third-order valence-electron chi connectivity index (χ3n) is 11.2. The van der Waals surface area contributed by atoms with Crippen molar-refractivity contribution < 1.29 is 0 Å². The number of fused-ring (bicyclic) bond motifs is 7. The van der Waals surface area contributed by atoms with Gasteiger partial charge in [0, 0.05) is 33.7 Å².